The Balaban J connectivity index is 2.88. The third-order valence-electron chi connectivity index (χ3n) is 2.66. The lowest BCUT2D eigenvalue weighted by atomic mass is 10.2. The Morgan fingerprint density at radius 1 is 1.39 bits per heavy atom. The van der Waals surface area contributed by atoms with Gasteiger partial charge in [-0.25, -0.2) is 12.7 Å². The average molecular weight is 352 g/mol. The van der Waals surface area contributed by atoms with E-state index in [1.807, 2.05) is 13.2 Å². The van der Waals surface area contributed by atoms with Gasteiger partial charge in [0.1, 0.15) is 0 Å². The Labute approximate surface area is 122 Å². The van der Waals surface area contributed by atoms with E-state index in [9.17, 15) is 8.42 Å². The molecule has 0 aliphatic carbocycles. The first kappa shape index (κ1) is 16.0. The van der Waals surface area contributed by atoms with E-state index in [1.54, 1.807) is 37.0 Å². The zero-order valence-corrected chi connectivity index (χ0v) is 14.0. The molecule has 0 bridgehead atoms. The van der Waals surface area contributed by atoms with Crippen molar-refractivity contribution in [1.82, 2.24) is 4.31 Å². The average Bonchev–Trinajstić information content (AvgIpc) is 2.32. The fourth-order valence-corrected chi connectivity index (χ4v) is 3.47. The Morgan fingerprint density at radius 3 is 2.61 bits per heavy atom. The molecule has 3 nitrogen and oxygen atoms in total. The summed E-state index contributed by atoms with van der Waals surface area (Å²) in [5.74, 6) is 0.971. The number of benzene rings is 1. The highest BCUT2D eigenvalue weighted by atomic mass is 79.9. The van der Waals surface area contributed by atoms with Gasteiger partial charge in [0.2, 0.25) is 10.0 Å². The summed E-state index contributed by atoms with van der Waals surface area (Å²) in [4.78, 5) is 0.356. The van der Waals surface area contributed by atoms with Crippen molar-refractivity contribution in [2.75, 3.05) is 25.6 Å². The minimum atomic E-state index is -3.36. The lowest BCUT2D eigenvalue weighted by Crippen LogP contribution is -2.28. The lowest BCUT2D eigenvalue weighted by molar-refractivity contribution is 0.469. The third kappa shape index (κ3) is 3.98. The highest BCUT2D eigenvalue weighted by molar-refractivity contribution is 9.10. The Kier molecular flexibility index (Phi) is 6.17. The second-order valence-electron chi connectivity index (χ2n) is 4.08. The van der Waals surface area contributed by atoms with Gasteiger partial charge < -0.3 is 0 Å². The summed E-state index contributed by atoms with van der Waals surface area (Å²) in [5.41, 5.74) is 0.925. The van der Waals surface area contributed by atoms with Gasteiger partial charge in [-0.05, 0) is 49.1 Å². The summed E-state index contributed by atoms with van der Waals surface area (Å²) in [6, 6.07) is 5.11. The molecule has 0 aliphatic rings. The van der Waals surface area contributed by atoms with Gasteiger partial charge in [0.25, 0.3) is 0 Å². The van der Waals surface area contributed by atoms with E-state index in [0.29, 0.717) is 11.4 Å². The maximum absolute atomic E-state index is 12.3. The molecule has 0 fully saturated rings. The van der Waals surface area contributed by atoms with E-state index in [0.717, 1.165) is 22.2 Å². The monoisotopic (exact) mass is 351 g/mol. The van der Waals surface area contributed by atoms with Gasteiger partial charge in [0.05, 0.1) is 4.90 Å². The molecule has 0 spiro atoms. The van der Waals surface area contributed by atoms with Gasteiger partial charge in [-0.15, -0.1) is 0 Å². The van der Waals surface area contributed by atoms with Crippen LogP contribution in [0.5, 0.6) is 0 Å². The van der Waals surface area contributed by atoms with Crippen LogP contribution in [0.15, 0.2) is 27.6 Å². The van der Waals surface area contributed by atoms with Gasteiger partial charge in [0, 0.05) is 18.1 Å². The van der Waals surface area contributed by atoms with Crippen LogP contribution >= 0.6 is 27.7 Å². The van der Waals surface area contributed by atoms with Crippen LogP contribution in [0.25, 0.3) is 0 Å². The van der Waals surface area contributed by atoms with Crippen molar-refractivity contribution >= 4 is 37.7 Å². The topological polar surface area (TPSA) is 37.4 Å². The van der Waals surface area contributed by atoms with Gasteiger partial charge in [-0.2, -0.15) is 11.8 Å². The predicted octanol–water partition coefficient (Wildman–Crippen LogP) is 3.13. The van der Waals surface area contributed by atoms with Crippen LogP contribution in [0, 0.1) is 6.92 Å². The van der Waals surface area contributed by atoms with E-state index in [1.165, 1.54) is 4.31 Å². The SMILES string of the molecule is CSCCCN(C)S(=O)(=O)c1ccc(Br)c(C)c1. The third-order valence-corrected chi connectivity index (χ3v) is 6.10. The second-order valence-corrected chi connectivity index (χ2v) is 7.97. The van der Waals surface area contributed by atoms with E-state index in [2.05, 4.69) is 15.9 Å². The molecule has 0 unspecified atom stereocenters. The summed E-state index contributed by atoms with van der Waals surface area (Å²) >= 11 is 5.10. The molecule has 1 aromatic carbocycles. The molecule has 0 radical (unpaired) electrons. The van der Waals surface area contributed by atoms with Crippen LogP contribution in [0.2, 0.25) is 0 Å². The van der Waals surface area contributed by atoms with Crippen molar-refractivity contribution in [3.05, 3.63) is 28.2 Å². The number of aryl methyl sites for hydroxylation is 1. The zero-order valence-electron chi connectivity index (χ0n) is 10.8. The minimum Gasteiger partial charge on any atom is -0.207 e. The minimum absolute atomic E-state index is 0.356. The molecular formula is C12H18BrNO2S2. The molecule has 1 aromatic rings. The standard InChI is InChI=1S/C12H18BrNO2S2/c1-10-9-11(5-6-12(10)13)18(15,16)14(2)7-4-8-17-3/h5-6,9H,4,7-8H2,1-3H3. The first-order valence-electron chi connectivity index (χ1n) is 5.61. The summed E-state index contributed by atoms with van der Waals surface area (Å²) in [5, 5.41) is 0. The fraction of sp³-hybridized carbons (Fsp3) is 0.500. The molecule has 0 N–H and O–H groups in total. The van der Waals surface area contributed by atoms with Crippen molar-refractivity contribution in [2.45, 2.75) is 18.2 Å². The number of hydrogen-bond acceptors (Lipinski definition) is 3. The molecule has 6 heteroatoms. The van der Waals surface area contributed by atoms with Crippen LogP contribution in [0.3, 0.4) is 0 Å². The number of hydrogen-bond donors (Lipinski definition) is 0. The zero-order chi connectivity index (χ0) is 13.8. The molecule has 0 heterocycles. The first-order chi connectivity index (χ1) is 8.39. The van der Waals surface area contributed by atoms with Crippen LogP contribution in [-0.4, -0.2) is 38.3 Å². The number of halogens is 1. The highest BCUT2D eigenvalue weighted by Crippen LogP contribution is 2.22. The first-order valence-corrected chi connectivity index (χ1v) is 9.23. The largest absolute Gasteiger partial charge is 0.242 e. The molecule has 102 valence electrons. The van der Waals surface area contributed by atoms with Crippen molar-refractivity contribution in [3.8, 4) is 0 Å². The summed E-state index contributed by atoms with van der Waals surface area (Å²) in [7, 11) is -1.72. The fourth-order valence-electron chi connectivity index (χ4n) is 1.51. The van der Waals surface area contributed by atoms with Crippen molar-refractivity contribution in [1.29, 1.82) is 0 Å². The maximum atomic E-state index is 12.3. The number of nitrogens with zero attached hydrogens (tertiary/aromatic N) is 1. The quantitative estimate of drug-likeness (QED) is 0.738. The van der Waals surface area contributed by atoms with E-state index in [4.69, 9.17) is 0 Å². The molecule has 0 saturated heterocycles. The van der Waals surface area contributed by atoms with Crippen molar-refractivity contribution < 1.29 is 8.42 Å². The van der Waals surface area contributed by atoms with Crippen LogP contribution in [0.1, 0.15) is 12.0 Å². The lowest BCUT2D eigenvalue weighted by Gasteiger charge is -2.17. The Morgan fingerprint density at radius 2 is 2.06 bits per heavy atom. The molecule has 0 amide bonds. The molecule has 0 saturated carbocycles. The van der Waals surface area contributed by atoms with Gasteiger partial charge in [-0.3, -0.25) is 0 Å². The second kappa shape index (κ2) is 6.93. The smallest absolute Gasteiger partial charge is 0.207 e. The molecule has 0 atom stereocenters. The van der Waals surface area contributed by atoms with E-state index >= 15 is 0 Å². The summed E-state index contributed by atoms with van der Waals surface area (Å²) < 4.78 is 26.9. The number of sulfonamides is 1. The summed E-state index contributed by atoms with van der Waals surface area (Å²) in [6.07, 6.45) is 2.89. The molecule has 18 heavy (non-hydrogen) atoms. The molecule has 1 rings (SSSR count). The van der Waals surface area contributed by atoms with Crippen molar-refractivity contribution in [3.63, 3.8) is 0 Å². The van der Waals surface area contributed by atoms with Gasteiger partial charge in [-0.1, -0.05) is 15.9 Å². The normalized spacial score (nSPS) is 12.1. The molecular weight excluding hydrogens is 334 g/mol. The van der Waals surface area contributed by atoms with Crippen LogP contribution in [-0.2, 0) is 10.0 Å². The Hall–Kier alpha value is -0.0400. The van der Waals surface area contributed by atoms with Crippen LogP contribution < -0.4 is 0 Å². The predicted molar refractivity (Wildman–Crippen MR) is 81.7 cm³/mol. The Bertz CT molecular complexity index is 503. The van der Waals surface area contributed by atoms with Crippen LogP contribution in [0.4, 0.5) is 0 Å². The highest BCUT2D eigenvalue weighted by Gasteiger charge is 2.20. The van der Waals surface area contributed by atoms with Gasteiger partial charge in [0.15, 0.2) is 0 Å². The van der Waals surface area contributed by atoms with Crippen molar-refractivity contribution in [2.24, 2.45) is 0 Å². The summed E-state index contributed by atoms with van der Waals surface area (Å²) in [6.45, 7) is 2.44. The van der Waals surface area contributed by atoms with E-state index in [-0.39, 0.29) is 0 Å². The number of rotatable bonds is 6. The molecule has 0 aliphatic heterocycles. The molecule has 0 aromatic heterocycles. The van der Waals surface area contributed by atoms with Gasteiger partial charge >= 0.3 is 0 Å². The number of thioether (sulfide) groups is 1. The van der Waals surface area contributed by atoms with E-state index < -0.39 is 10.0 Å². The maximum Gasteiger partial charge on any atom is 0.242 e.